The standard InChI is InChI=1S/C31H40N6O3/c1-20(17-32)28(33-3)24-9-10-26-27(16-24)36(5)30(39)21(2)37(31(26)40)19-23-7-6-8-25(15-23)29(38)34-18-22-11-13-35(4)14-12-22/h6-10,15-17,21-22,32-33H,11-14,18-19H2,1-5H3,(H,34,38)/b28-20-,32-17?/t21-/m1/s1. The molecule has 4 rings (SSSR count). The summed E-state index contributed by atoms with van der Waals surface area (Å²) in [6.07, 6.45) is 3.42. The quantitative estimate of drug-likeness (QED) is 0.442. The second-order valence-corrected chi connectivity index (χ2v) is 10.8. The molecule has 40 heavy (non-hydrogen) atoms. The molecule has 2 aliphatic rings. The smallest absolute Gasteiger partial charge is 0.256 e. The maximum Gasteiger partial charge on any atom is 0.256 e. The molecule has 1 saturated heterocycles. The van der Waals surface area contributed by atoms with E-state index in [1.54, 1.807) is 44.1 Å². The van der Waals surface area contributed by atoms with Crippen LogP contribution in [0.15, 0.2) is 48.0 Å². The number of piperidine rings is 1. The summed E-state index contributed by atoms with van der Waals surface area (Å²) < 4.78 is 0. The molecule has 0 spiro atoms. The Morgan fingerprint density at radius 2 is 1.80 bits per heavy atom. The highest BCUT2D eigenvalue weighted by atomic mass is 16.2. The molecule has 2 aliphatic heterocycles. The maximum atomic E-state index is 13.8. The second-order valence-electron chi connectivity index (χ2n) is 10.8. The molecular formula is C31H40N6O3. The van der Waals surface area contributed by atoms with Gasteiger partial charge < -0.3 is 30.7 Å². The molecule has 1 atom stereocenters. The first-order chi connectivity index (χ1) is 19.1. The lowest BCUT2D eigenvalue weighted by molar-refractivity contribution is -0.122. The second kappa shape index (κ2) is 12.5. The van der Waals surface area contributed by atoms with Crippen molar-refractivity contribution in [1.29, 1.82) is 5.41 Å². The van der Waals surface area contributed by atoms with Crippen LogP contribution >= 0.6 is 0 Å². The number of benzene rings is 2. The average Bonchev–Trinajstić information content (AvgIpc) is 3.03. The lowest BCUT2D eigenvalue weighted by Crippen LogP contribution is -2.45. The van der Waals surface area contributed by atoms with Gasteiger partial charge in [-0.2, -0.15) is 0 Å². The van der Waals surface area contributed by atoms with Gasteiger partial charge in [-0.3, -0.25) is 14.4 Å². The molecule has 9 heteroatoms. The van der Waals surface area contributed by atoms with Crippen molar-refractivity contribution in [2.45, 2.75) is 39.3 Å². The van der Waals surface area contributed by atoms with Crippen LogP contribution in [0.1, 0.15) is 58.5 Å². The summed E-state index contributed by atoms with van der Waals surface area (Å²) in [7, 11) is 5.58. The number of nitrogens with one attached hydrogen (secondary N) is 3. The van der Waals surface area contributed by atoms with Crippen molar-refractivity contribution in [2.75, 3.05) is 45.7 Å². The number of amides is 3. The normalized spacial score (nSPS) is 19.1. The number of likely N-dealkylation sites (N-methyl/N-ethyl adjacent to an activating group) is 1. The molecule has 2 heterocycles. The number of fused-ring (bicyclic) bond motifs is 1. The fraction of sp³-hybridized carbons (Fsp3) is 0.419. The predicted octanol–water partition coefficient (Wildman–Crippen LogP) is 3.37. The number of allylic oxidation sites excluding steroid dienone is 1. The zero-order valence-electron chi connectivity index (χ0n) is 24.1. The van der Waals surface area contributed by atoms with Crippen LogP contribution < -0.4 is 15.5 Å². The van der Waals surface area contributed by atoms with Crippen LogP contribution in [0.5, 0.6) is 0 Å². The first kappa shape index (κ1) is 29.0. The summed E-state index contributed by atoms with van der Waals surface area (Å²) in [6, 6.07) is 12.0. The Kier molecular flexibility index (Phi) is 9.04. The van der Waals surface area contributed by atoms with Crippen molar-refractivity contribution in [3.05, 3.63) is 70.3 Å². The molecule has 0 aromatic heterocycles. The van der Waals surface area contributed by atoms with E-state index in [0.29, 0.717) is 29.3 Å². The number of rotatable bonds is 8. The summed E-state index contributed by atoms with van der Waals surface area (Å²) in [6.45, 7) is 6.52. The number of anilines is 1. The van der Waals surface area contributed by atoms with E-state index in [0.717, 1.165) is 48.3 Å². The van der Waals surface area contributed by atoms with E-state index in [4.69, 9.17) is 5.41 Å². The Hall–Kier alpha value is -3.98. The molecule has 212 valence electrons. The lowest BCUT2D eigenvalue weighted by Gasteiger charge is -2.29. The molecule has 9 nitrogen and oxygen atoms in total. The molecule has 3 N–H and O–H groups in total. The number of hydrogen-bond acceptors (Lipinski definition) is 6. The van der Waals surface area contributed by atoms with Crippen LogP contribution in [0.4, 0.5) is 5.69 Å². The number of carbonyl (C=O) groups is 3. The molecule has 0 aliphatic carbocycles. The zero-order chi connectivity index (χ0) is 29.0. The Balaban J connectivity index is 1.55. The van der Waals surface area contributed by atoms with Gasteiger partial charge in [0.1, 0.15) is 6.04 Å². The fourth-order valence-corrected chi connectivity index (χ4v) is 5.47. The van der Waals surface area contributed by atoms with Gasteiger partial charge in [-0.15, -0.1) is 0 Å². The van der Waals surface area contributed by atoms with Gasteiger partial charge in [-0.05, 0) is 88.1 Å². The van der Waals surface area contributed by atoms with E-state index in [2.05, 4.69) is 22.6 Å². The molecule has 2 aromatic rings. The van der Waals surface area contributed by atoms with E-state index in [9.17, 15) is 14.4 Å². The predicted molar refractivity (Wildman–Crippen MR) is 159 cm³/mol. The fourth-order valence-electron chi connectivity index (χ4n) is 5.47. The molecule has 0 bridgehead atoms. The third-order valence-electron chi connectivity index (χ3n) is 8.09. The third-order valence-corrected chi connectivity index (χ3v) is 8.09. The molecule has 2 aromatic carbocycles. The van der Waals surface area contributed by atoms with E-state index in [1.165, 1.54) is 11.1 Å². The van der Waals surface area contributed by atoms with E-state index in [1.807, 2.05) is 31.2 Å². The molecule has 1 fully saturated rings. The minimum Gasteiger partial charge on any atom is -0.387 e. The van der Waals surface area contributed by atoms with E-state index in [-0.39, 0.29) is 24.3 Å². The minimum absolute atomic E-state index is 0.127. The van der Waals surface area contributed by atoms with Crippen molar-refractivity contribution < 1.29 is 14.4 Å². The summed E-state index contributed by atoms with van der Waals surface area (Å²) in [4.78, 5) is 45.6. The van der Waals surface area contributed by atoms with E-state index >= 15 is 0 Å². The molecule has 0 saturated carbocycles. The van der Waals surface area contributed by atoms with Gasteiger partial charge in [0, 0.05) is 50.2 Å². The Labute approximate surface area is 236 Å². The highest BCUT2D eigenvalue weighted by Gasteiger charge is 2.36. The first-order valence-electron chi connectivity index (χ1n) is 13.8. The average molecular weight is 545 g/mol. The SMILES string of the molecule is CN/C(=C(/C)C=N)c1ccc2c(c1)N(C)C(=O)[C@@H](C)N(Cc1cccc(C(=O)NCC3CCN(C)CC3)c1)C2=O. The van der Waals surface area contributed by atoms with Crippen LogP contribution in [-0.2, 0) is 11.3 Å². The van der Waals surface area contributed by atoms with Crippen LogP contribution in [0, 0.1) is 11.3 Å². The monoisotopic (exact) mass is 544 g/mol. The van der Waals surface area contributed by atoms with Gasteiger partial charge in [0.05, 0.1) is 11.3 Å². The summed E-state index contributed by atoms with van der Waals surface area (Å²) >= 11 is 0. The minimum atomic E-state index is -0.696. The third kappa shape index (κ3) is 6.09. The highest BCUT2D eigenvalue weighted by molar-refractivity contribution is 6.11. The van der Waals surface area contributed by atoms with Crippen LogP contribution in [-0.4, -0.2) is 80.6 Å². The lowest BCUT2D eigenvalue weighted by atomic mass is 9.97. The Bertz CT molecular complexity index is 1330. The largest absolute Gasteiger partial charge is 0.387 e. The highest BCUT2D eigenvalue weighted by Crippen LogP contribution is 2.31. The van der Waals surface area contributed by atoms with Gasteiger partial charge in [0.15, 0.2) is 0 Å². The number of hydrogen-bond donors (Lipinski definition) is 3. The topological polar surface area (TPSA) is 109 Å². The van der Waals surface area contributed by atoms with Crippen molar-refractivity contribution in [1.82, 2.24) is 20.4 Å². The van der Waals surface area contributed by atoms with Crippen molar-refractivity contribution >= 4 is 35.3 Å². The molecule has 0 radical (unpaired) electrons. The maximum absolute atomic E-state index is 13.8. The van der Waals surface area contributed by atoms with Crippen LogP contribution in [0.3, 0.4) is 0 Å². The van der Waals surface area contributed by atoms with Crippen molar-refractivity contribution in [2.24, 2.45) is 5.92 Å². The summed E-state index contributed by atoms with van der Waals surface area (Å²) in [5.41, 5.74) is 4.56. The summed E-state index contributed by atoms with van der Waals surface area (Å²) in [5.74, 6) is -0.0906. The van der Waals surface area contributed by atoms with Gasteiger partial charge in [0.2, 0.25) is 5.91 Å². The van der Waals surface area contributed by atoms with Crippen molar-refractivity contribution in [3.8, 4) is 0 Å². The Morgan fingerprint density at radius 3 is 2.48 bits per heavy atom. The number of nitrogens with zero attached hydrogens (tertiary/aromatic N) is 3. The van der Waals surface area contributed by atoms with Crippen LogP contribution in [0.2, 0.25) is 0 Å². The number of carbonyl (C=O) groups excluding carboxylic acids is 3. The summed E-state index contributed by atoms with van der Waals surface area (Å²) in [5, 5.41) is 13.8. The molecular weight excluding hydrogens is 504 g/mol. The zero-order valence-corrected chi connectivity index (χ0v) is 24.1. The van der Waals surface area contributed by atoms with Crippen LogP contribution in [0.25, 0.3) is 5.70 Å². The van der Waals surface area contributed by atoms with Gasteiger partial charge >= 0.3 is 0 Å². The molecule has 3 amide bonds. The van der Waals surface area contributed by atoms with Gasteiger partial charge in [0.25, 0.3) is 11.8 Å². The number of likely N-dealkylation sites (tertiary alicyclic amines) is 1. The molecule has 0 unspecified atom stereocenters. The van der Waals surface area contributed by atoms with Crippen molar-refractivity contribution in [3.63, 3.8) is 0 Å². The van der Waals surface area contributed by atoms with Gasteiger partial charge in [-0.1, -0.05) is 18.2 Å². The first-order valence-corrected chi connectivity index (χ1v) is 13.8. The Morgan fingerprint density at radius 1 is 1.07 bits per heavy atom. The van der Waals surface area contributed by atoms with Gasteiger partial charge in [-0.25, -0.2) is 0 Å². The van der Waals surface area contributed by atoms with E-state index < -0.39 is 6.04 Å².